The molecule has 2 aromatic rings. The first-order chi connectivity index (χ1) is 12.2. The van der Waals surface area contributed by atoms with Crippen LogP contribution in [0.1, 0.15) is 25.6 Å². The molecule has 1 aliphatic rings. The van der Waals surface area contributed by atoms with Gasteiger partial charge in [0.25, 0.3) is 0 Å². The molecular weight excluding hydrogens is 312 g/mol. The third-order valence-corrected chi connectivity index (χ3v) is 4.69. The molecule has 2 aromatic heterocycles. The van der Waals surface area contributed by atoms with Crippen LogP contribution in [0.3, 0.4) is 0 Å². The summed E-state index contributed by atoms with van der Waals surface area (Å²) in [5.41, 5.74) is 0. The summed E-state index contributed by atoms with van der Waals surface area (Å²) in [5.74, 6) is 3.91. The standard InChI is InChI=1S/C19H28N6/c1-4-24(17-9-5-6-10-20-17)14-13-23(3)18-15-19(22-16(2)21-18)25-11-7-8-12-25/h5-6,9-10,15H,4,7-8,11-14H2,1-3H3. The van der Waals surface area contributed by atoms with E-state index in [1.165, 1.54) is 12.8 Å². The zero-order valence-corrected chi connectivity index (χ0v) is 15.5. The molecule has 0 spiro atoms. The Balaban J connectivity index is 1.67. The average Bonchev–Trinajstić information content (AvgIpc) is 3.17. The smallest absolute Gasteiger partial charge is 0.134 e. The van der Waals surface area contributed by atoms with E-state index in [2.05, 4.69) is 55.8 Å². The Labute approximate surface area is 150 Å². The van der Waals surface area contributed by atoms with Crippen LogP contribution in [-0.4, -0.2) is 54.7 Å². The molecule has 0 bridgehead atoms. The van der Waals surface area contributed by atoms with Crippen molar-refractivity contribution < 1.29 is 0 Å². The summed E-state index contributed by atoms with van der Waals surface area (Å²) in [6.07, 6.45) is 4.35. The van der Waals surface area contributed by atoms with E-state index in [0.717, 1.165) is 56.0 Å². The number of hydrogen-bond donors (Lipinski definition) is 0. The van der Waals surface area contributed by atoms with E-state index in [1.807, 2.05) is 25.3 Å². The van der Waals surface area contributed by atoms with Crippen LogP contribution in [0.15, 0.2) is 30.5 Å². The number of anilines is 3. The minimum Gasteiger partial charge on any atom is -0.358 e. The van der Waals surface area contributed by atoms with Gasteiger partial charge in [-0.05, 0) is 38.8 Å². The molecule has 1 fully saturated rings. The van der Waals surface area contributed by atoms with Gasteiger partial charge in [-0.3, -0.25) is 0 Å². The maximum absolute atomic E-state index is 4.64. The van der Waals surface area contributed by atoms with Gasteiger partial charge < -0.3 is 14.7 Å². The van der Waals surface area contributed by atoms with Crippen molar-refractivity contribution in [3.05, 3.63) is 36.3 Å². The van der Waals surface area contributed by atoms with Gasteiger partial charge in [-0.1, -0.05) is 6.07 Å². The average molecular weight is 340 g/mol. The summed E-state index contributed by atoms with van der Waals surface area (Å²) in [7, 11) is 2.10. The summed E-state index contributed by atoms with van der Waals surface area (Å²) in [6, 6.07) is 8.16. The lowest BCUT2D eigenvalue weighted by atomic mass is 10.3. The molecule has 134 valence electrons. The zero-order valence-electron chi connectivity index (χ0n) is 15.5. The monoisotopic (exact) mass is 340 g/mol. The molecule has 0 atom stereocenters. The lowest BCUT2D eigenvalue weighted by Crippen LogP contribution is -2.34. The van der Waals surface area contributed by atoms with Gasteiger partial charge in [0, 0.05) is 52.0 Å². The van der Waals surface area contributed by atoms with Crippen molar-refractivity contribution in [2.45, 2.75) is 26.7 Å². The highest BCUT2D eigenvalue weighted by Gasteiger charge is 2.16. The minimum atomic E-state index is 0.836. The van der Waals surface area contributed by atoms with Crippen molar-refractivity contribution in [3.8, 4) is 0 Å². The molecule has 6 nitrogen and oxygen atoms in total. The Hall–Kier alpha value is -2.37. The summed E-state index contributed by atoms with van der Waals surface area (Å²) < 4.78 is 0. The maximum atomic E-state index is 4.64. The van der Waals surface area contributed by atoms with Crippen LogP contribution >= 0.6 is 0 Å². The van der Waals surface area contributed by atoms with Gasteiger partial charge in [0.15, 0.2) is 0 Å². The van der Waals surface area contributed by atoms with Crippen LogP contribution in [0.5, 0.6) is 0 Å². The van der Waals surface area contributed by atoms with Gasteiger partial charge in [0.05, 0.1) is 0 Å². The molecule has 0 N–H and O–H groups in total. The first kappa shape index (κ1) is 17.5. The minimum absolute atomic E-state index is 0.836. The van der Waals surface area contributed by atoms with Crippen LogP contribution in [0.4, 0.5) is 17.5 Å². The van der Waals surface area contributed by atoms with E-state index in [4.69, 9.17) is 0 Å². The molecule has 0 unspecified atom stereocenters. The highest BCUT2D eigenvalue weighted by molar-refractivity contribution is 5.51. The van der Waals surface area contributed by atoms with E-state index >= 15 is 0 Å². The zero-order chi connectivity index (χ0) is 17.6. The Kier molecular flexibility index (Phi) is 5.68. The Morgan fingerprint density at radius 1 is 1.08 bits per heavy atom. The fourth-order valence-corrected chi connectivity index (χ4v) is 3.20. The number of pyridine rings is 1. The third-order valence-electron chi connectivity index (χ3n) is 4.69. The molecule has 0 radical (unpaired) electrons. The van der Waals surface area contributed by atoms with Gasteiger partial charge in [0.2, 0.25) is 0 Å². The molecule has 0 saturated carbocycles. The van der Waals surface area contributed by atoms with Crippen LogP contribution in [0.25, 0.3) is 0 Å². The lowest BCUT2D eigenvalue weighted by molar-refractivity contribution is 0.765. The SMILES string of the molecule is CCN(CCN(C)c1cc(N2CCCC2)nc(C)n1)c1ccccn1. The third kappa shape index (κ3) is 4.38. The number of hydrogen-bond acceptors (Lipinski definition) is 6. The van der Waals surface area contributed by atoms with Gasteiger partial charge >= 0.3 is 0 Å². The Bertz CT molecular complexity index is 669. The van der Waals surface area contributed by atoms with E-state index < -0.39 is 0 Å². The molecule has 1 saturated heterocycles. The second kappa shape index (κ2) is 8.14. The highest BCUT2D eigenvalue weighted by Crippen LogP contribution is 2.22. The summed E-state index contributed by atoms with van der Waals surface area (Å²) in [4.78, 5) is 20.6. The molecule has 6 heteroatoms. The van der Waals surface area contributed by atoms with Crippen LogP contribution < -0.4 is 14.7 Å². The van der Waals surface area contributed by atoms with E-state index in [-0.39, 0.29) is 0 Å². The fraction of sp³-hybridized carbons (Fsp3) is 0.526. The maximum Gasteiger partial charge on any atom is 0.134 e. The van der Waals surface area contributed by atoms with Crippen LogP contribution in [0.2, 0.25) is 0 Å². The summed E-state index contributed by atoms with van der Waals surface area (Å²) in [5, 5.41) is 0. The molecule has 0 amide bonds. The number of aryl methyl sites for hydroxylation is 1. The van der Waals surface area contributed by atoms with E-state index in [1.54, 1.807) is 0 Å². The predicted octanol–water partition coefficient (Wildman–Crippen LogP) is 2.74. The van der Waals surface area contributed by atoms with Gasteiger partial charge in [-0.25, -0.2) is 15.0 Å². The molecular formula is C19H28N6. The van der Waals surface area contributed by atoms with Gasteiger partial charge in [-0.15, -0.1) is 0 Å². The second-order valence-electron chi connectivity index (χ2n) is 6.51. The topological polar surface area (TPSA) is 48.4 Å². The molecule has 0 aliphatic carbocycles. The molecule has 3 heterocycles. The summed E-state index contributed by atoms with van der Waals surface area (Å²) in [6.45, 7) is 9.07. The number of rotatable bonds is 7. The summed E-state index contributed by atoms with van der Waals surface area (Å²) >= 11 is 0. The van der Waals surface area contributed by atoms with Crippen molar-refractivity contribution in [1.82, 2.24) is 15.0 Å². The number of aromatic nitrogens is 3. The Morgan fingerprint density at radius 3 is 2.56 bits per heavy atom. The van der Waals surface area contributed by atoms with Crippen molar-refractivity contribution in [3.63, 3.8) is 0 Å². The first-order valence-electron chi connectivity index (χ1n) is 9.15. The lowest BCUT2D eigenvalue weighted by Gasteiger charge is -2.27. The van der Waals surface area contributed by atoms with Crippen molar-refractivity contribution in [1.29, 1.82) is 0 Å². The number of nitrogens with zero attached hydrogens (tertiary/aromatic N) is 6. The van der Waals surface area contributed by atoms with E-state index in [9.17, 15) is 0 Å². The second-order valence-corrected chi connectivity index (χ2v) is 6.51. The molecule has 1 aliphatic heterocycles. The van der Waals surface area contributed by atoms with Crippen molar-refractivity contribution >= 4 is 17.5 Å². The van der Waals surface area contributed by atoms with Crippen molar-refractivity contribution in [2.75, 3.05) is 54.5 Å². The van der Waals surface area contributed by atoms with Crippen LogP contribution in [0, 0.1) is 6.92 Å². The highest BCUT2D eigenvalue weighted by atomic mass is 15.3. The quantitative estimate of drug-likeness (QED) is 0.772. The first-order valence-corrected chi connectivity index (χ1v) is 9.15. The van der Waals surface area contributed by atoms with E-state index in [0.29, 0.717) is 0 Å². The fourth-order valence-electron chi connectivity index (χ4n) is 3.20. The molecule has 25 heavy (non-hydrogen) atoms. The molecule has 3 rings (SSSR count). The Morgan fingerprint density at radius 2 is 1.88 bits per heavy atom. The molecule has 0 aromatic carbocycles. The predicted molar refractivity (Wildman–Crippen MR) is 104 cm³/mol. The van der Waals surface area contributed by atoms with Crippen LogP contribution in [-0.2, 0) is 0 Å². The van der Waals surface area contributed by atoms with Crippen molar-refractivity contribution in [2.24, 2.45) is 0 Å². The normalized spacial score (nSPS) is 14.0. The van der Waals surface area contributed by atoms with Gasteiger partial charge in [0.1, 0.15) is 23.3 Å². The largest absolute Gasteiger partial charge is 0.358 e. The van der Waals surface area contributed by atoms with Gasteiger partial charge in [-0.2, -0.15) is 0 Å². The number of likely N-dealkylation sites (N-methyl/N-ethyl adjacent to an activating group) is 2.